The Morgan fingerprint density at radius 2 is 2.12 bits per heavy atom. The molecule has 0 aliphatic heterocycles. The first kappa shape index (κ1) is 17.2. The monoisotopic (exact) mass is 330 g/mol. The highest BCUT2D eigenvalue weighted by Gasteiger charge is 2.13. The molecule has 2 aromatic rings. The first-order valence-electron chi connectivity index (χ1n) is 7.24. The fourth-order valence-corrected chi connectivity index (χ4v) is 1.91. The van der Waals surface area contributed by atoms with Gasteiger partial charge >= 0.3 is 5.69 Å². The standard InChI is InChI=1S/C16H18N4O4/c1-11(2)24-14-7-6-12(9-15(14)23-3)10-18-19-16-13(20(21)22)5-4-8-17-16/h4-11H,1-3H3,(H,17,19)/b18-10-. The van der Waals surface area contributed by atoms with Crippen LogP contribution in [0.1, 0.15) is 19.4 Å². The van der Waals surface area contributed by atoms with Crippen molar-refractivity contribution in [1.29, 1.82) is 0 Å². The molecule has 24 heavy (non-hydrogen) atoms. The molecule has 2 rings (SSSR count). The highest BCUT2D eigenvalue weighted by Crippen LogP contribution is 2.28. The first-order valence-corrected chi connectivity index (χ1v) is 7.24. The Morgan fingerprint density at radius 1 is 1.33 bits per heavy atom. The Bertz CT molecular complexity index is 747. The second-order valence-electron chi connectivity index (χ2n) is 5.08. The van der Waals surface area contributed by atoms with Crippen LogP contribution in [0.15, 0.2) is 41.6 Å². The number of hydrogen-bond acceptors (Lipinski definition) is 7. The first-order chi connectivity index (χ1) is 11.5. The number of ether oxygens (including phenoxy) is 2. The molecule has 0 saturated carbocycles. The van der Waals surface area contributed by atoms with Crippen molar-refractivity contribution in [2.45, 2.75) is 20.0 Å². The van der Waals surface area contributed by atoms with Crippen LogP contribution in [0.5, 0.6) is 11.5 Å². The predicted octanol–water partition coefficient (Wildman–Crippen LogP) is 3.23. The number of methoxy groups -OCH3 is 1. The summed E-state index contributed by atoms with van der Waals surface area (Å²) >= 11 is 0. The zero-order valence-electron chi connectivity index (χ0n) is 13.6. The van der Waals surface area contributed by atoms with Gasteiger partial charge in [-0.1, -0.05) is 0 Å². The van der Waals surface area contributed by atoms with Crippen molar-refractivity contribution in [3.05, 3.63) is 52.2 Å². The van der Waals surface area contributed by atoms with Gasteiger partial charge in [0, 0.05) is 12.3 Å². The maximum Gasteiger partial charge on any atom is 0.313 e. The van der Waals surface area contributed by atoms with E-state index >= 15 is 0 Å². The average Bonchev–Trinajstić information content (AvgIpc) is 2.56. The maximum atomic E-state index is 10.9. The summed E-state index contributed by atoms with van der Waals surface area (Å²) in [6.45, 7) is 3.86. The van der Waals surface area contributed by atoms with Gasteiger partial charge in [0.1, 0.15) is 0 Å². The molecule has 0 atom stereocenters. The van der Waals surface area contributed by atoms with Gasteiger partial charge in [0.25, 0.3) is 0 Å². The molecule has 0 spiro atoms. The minimum absolute atomic E-state index is 0.0322. The van der Waals surface area contributed by atoms with Gasteiger partial charge in [0.2, 0.25) is 5.82 Å². The number of nitrogens with zero attached hydrogens (tertiary/aromatic N) is 3. The van der Waals surface area contributed by atoms with Gasteiger partial charge in [-0.3, -0.25) is 15.5 Å². The van der Waals surface area contributed by atoms with Crippen molar-refractivity contribution in [1.82, 2.24) is 4.98 Å². The Balaban J connectivity index is 2.14. The molecule has 1 heterocycles. The van der Waals surface area contributed by atoms with Crippen LogP contribution in [0.25, 0.3) is 0 Å². The zero-order chi connectivity index (χ0) is 17.5. The third-order valence-corrected chi connectivity index (χ3v) is 2.92. The van der Waals surface area contributed by atoms with E-state index in [1.807, 2.05) is 13.8 Å². The number of benzene rings is 1. The zero-order valence-corrected chi connectivity index (χ0v) is 13.6. The van der Waals surface area contributed by atoms with Crippen LogP contribution in [0.3, 0.4) is 0 Å². The molecule has 0 bridgehead atoms. The topological polar surface area (TPSA) is 98.9 Å². The van der Waals surface area contributed by atoms with Crippen molar-refractivity contribution in [2.75, 3.05) is 12.5 Å². The molecule has 0 aliphatic rings. The lowest BCUT2D eigenvalue weighted by Gasteiger charge is -2.13. The minimum atomic E-state index is -0.522. The van der Waals surface area contributed by atoms with Gasteiger partial charge in [-0.15, -0.1) is 0 Å². The molecule has 0 fully saturated rings. The SMILES string of the molecule is COc1cc(/C=N\Nc2ncccc2[N+](=O)[O-])ccc1OC(C)C. The Morgan fingerprint density at radius 3 is 2.79 bits per heavy atom. The maximum absolute atomic E-state index is 10.9. The smallest absolute Gasteiger partial charge is 0.313 e. The van der Waals surface area contributed by atoms with Crippen molar-refractivity contribution >= 4 is 17.7 Å². The molecule has 0 unspecified atom stereocenters. The molecule has 1 aromatic carbocycles. The summed E-state index contributed by atoms with van der Waals surface area (Å²) < 4.78 is 10.9. The molecule has 0 aliphatic carbocycles. The number of rotatable bonds is 7. The van der Waals surface area contributed by atoms with Crippen molar-refractivity contribution in [3.8, 4) is 11.5 Å². The number of hydrazone groups is 1. The van der Waals surface area contributed by atoms with Crippen LogP contribution in [0.2, 0.25) is 0 Å². The summed E-state index contributed by atoms with van der Waals surface area (Å²) in [5.74, 6) is 1.29. The normalized spacial score (nSPS) is 10.8. The lowest BCUT2D eigenvalue weighted by atomic mass is 10.2. The second kappa shape index (κ2) is 7.91. The number of hydrogen-bond donors (Lipinski definition) is 1. The Hall–Kier alpha value is -3.16. The number of anilines is 1. The molecule has 0 radical (unpaired) electrons. The molecular formula is C16H18N4O4. The molecule has 126 valence electrons. The molecule has 8 heteroatoms. The van der Waals surface area contributed by atoms with Crippen LogP contribution in [0.4, 0.5) is 11.5 Å². The van der Waals surface area contributed by atoms with E-state index in [1.54, 1.807) is 25.3 Å². The molecule has 1 N–H and O–H groups in total. The second-order valence-corrected chi connectivity index (χ2v) is 5.08. The lowest BCUT2D eigenvalue weighted by molar-refractivity contribution is -0.384. The summed E-state index contributed by atoms with van der Waals surface area (Å²) in [6.07, 6.45) is 3.00. The van der Waals surface area contributed by atoms with E-state index in [1.165, 1.54) is 24.5 Å². The van der Waals surface area contributed by atoms with Crippen LogP contribution in [-0.4, -0.2) is 29.3 Å². The van der Waals surface area contributed by atoms with E-state index in [0.717, 1.165) is 5.56 Å². The van der Waals surface area contributed by atoms with E-state index < -0.39 is 4.92 Å². The minimum Gasteiger partial charge on any atom is -0.493 e. The third-order valence-electron chi connectivity index (χ3n) is 2.92. The lowest BCUT2D eigenvalue weighted by Crippen LogP contribution is -2.06. The van der Waals surface area contributed by atoms with E-state index in [4.69, 9.17) is 9.47 Å². The summed E-state index contributed by atoms with van der Waals surface area (Å²) in [4.78, 5) is 14.3. The number of aromatic nitrogens is 1. The van der Waals surface area contributed by atoms with E-state index in [0.29, 0.717) is 11.5 Å². The predicted molar refractivity (Wildman–Crippen MR) is 90.9 cm³/mol. The molecule has 8 nitrogen and oxygen atoms in total. The van der Waals surface area contributed by atoms with Crippen molar-refractivity contribution in [3.63, 3.8) is 0 Å². The fourth-order valence-electron chi connectivity index (χ4n) is 1.91. The van der Waals surface area contributed by atoms with Crippen molar-refractivity contribution in [2.24, 2.45) is 5.10 Å². The molecule has 0 amide bonds. The summed E-state index contributed by atoms with van der Waals surface area (Å²) in [5, 5.41) is 14.9. The van der Waals surface area contributed by atoms with E-state index in [9.17, 15) is 10.1 Å². The van der Waals surface area contributed by atoms with Gasteiger partial charge in [-0.25, -0.2) is 4.98 Å². The van der Waals surface area contributed by atoms with Gasteiger partial charge in [-0.05, 0) is 43.7 Å². The molecular weight excluding hydrogens is 312 g/mol. The van der Waals surface area contributed by atoms with E-state index in [2.05, 4.69) is 15.5 Å². The van der Waals surface area contributed by atoms with Gasteiger partial charge in [0.05, 0.1) is 24.4 Å². The van der Waals surface area contributed by atoms with E-state index in [-0.39, 0.29) is 17.6 Å². The quantitative estimate of drug-likeness (QED) is 0.475. The number of nitrogens with one attached hydrogen (secondary N) is 1. The average molecular weight is 330 g/mol. The number of pyridine rings is 1. The highest BCUT2D eigenvalue weighted by atomic mass is 16.6. The summed E-state index contributed by atoms with van der Waals surface area (Å²) in [5.41, 5.74) is 3.17. The third kappa shape index (κ3) is 4.42. The van der Waals surface area contributed by atoms with Crippen LogP contribution >= 0.6 is 0 Å². The Kier molecular flexibility index (Phi) is 5.67. The fraction of sp³-hybridized carbons (Fsp3) is 0.250. The number of nitro groups is 1. The van der Waals surface area contributed by atoms with Crippen LogP contribution in [0, 0.1) is 10.1 Å². The van der Waals surface area contributed by atoms with Crippen LogP contribution < -0.4 is 14.9 Å². The van der Waals surface area contributed by atoms with Gasteiger partial charge in [-0.2, -0.15) is 5.10 Å². The van der Waals surface area contributed by atoms with Gasteiger partial charge in [0.15, 0.2) is 11.5 Å². The van der Waals surface area contributed by atoms with Gasteiger partial charge < -0.3 is 9.47 Å². The molecule has 0 saturated heterocycles. The highest BCUT2D eigenvalue weighted by molar-refractivity contribution is 5.81. The summed E-state index contributed by atoms with van der Waals surface area (Å²) in [6, 6.07) is 8.19. The summed E-state index contributed by atoms with van der Waals surface area (Å²) in [7, 11) is 1.55. The van der Waals surface area contributed by atoms with Crippen molar-refractivity contribution < 1.29 is 14.4 Å². The molecule has 1 aromatic heterocycles. The van der Waals surface area contributed by atoms with Crippen LogP contribution in [-0.2, 0) is 0 Å². The largest absolute Gasteiger partial charge is 0.493 e. The Labute approximate surface area is 139 Å².